The van der Waals surface area contributed by atoms with Crippen molar-refractivity contribution in [2.75, 3.05) is 47.0 Å². The van der Waals surface area contributed by atoms with Gasteiger partial charge in [0.05, 0.1) is 26.3 Å². The molecule has 1 aliphatic heterocycles. The fourth-order valence-corrected chi connectivity index (χ4v) is 2.75. The summed E-state index contributed by atoms with van der Waals surface area (Å²) in [5, 5.41) is 6.25. The molecule has 31 heavy (non-hydrogen) atoms. The summed E-state index contributed by atoms with van der Waals surface area (Å²) in [6, 6.07) is 7.05. The maximum absolute atomic E-state index is 12.2. The number of rotatable bonds is 9. The van der Waals surface area contributed by atoms with Gasteiger partial charge in [-0.05, 0) is 17.5 Å². The zero-order chi connectivity index (χ0) is 22.0. The Bertz CT molecular complexity index is 711. The Morgan fingerprint density at radius 3 is 2.68 bits per heavy atom. The number of amides is 1. The normalized spacial score (nSPS) is 16.5. The van der Waals surface area contributed by atoms with Gasteiger partial charge in [0.1, 0.15) is 6.61 Å². The van der Waals surface area contributed by atoms with E-state index in [1.165, 1.54) is 4.90 Å². The van der Waals surface area contributed by atoms with Crippen LogP contribution in [0.2, 0.25) is 0 Å². The molecule has 176 valence electrons. The van der Waals surface area contributed by atoms with E-state index in [1.54, 1.807) is 32.3 Å². The van der Waals surface area contributed by atoms with Crippen LogP contribution in [0.3, 0.4) is 0 Å². The summed E-state index contributed by atoms with van der Waals surface area (Å²) < 4.78 is 46.7. The highest BCUT2D eigenvalue weighted by Crippen LogP contribution is 2.16. The van der Waals surface area contributed by atoms with Gasteiger partial charge in [0.15, 0.2) is 5.96 Å². The number of hydrogen-bond acceptors (Lipinski definition) is 4. The Balaban J connectivity index is 0.00000480. The third kappa shape index (κ3) is 11.5. The minimum absolute atomic E-state index is 0. The highest BCUT2D eigenvalue weighted by atomic mass is 127. The molecule has 2 rings (SSSR count). The summed E-state index contributed by atoms with van der Waals surface area (Å²) in [4.78, 5) is 17.9. The second-order valence-electron chi connectivity index (χ2n) is 7.34. The number of nitrogens with one attached hydrogen (secondary N) is 2. The van der Waals surface area contributed by atoms with E-state index in [0.717, 1.165) is 18.6 Å². The molecule has 2 N–H and O–H groups in total. The van der Waals surface area contributed by atoms with Crippen LogP contribution >= 0.6 is 24.0 Å². The lowest BCUT2D eigenvalue weighted by atomic mass is 10.1. The first-order valence-corrected chi connectivity index (χ1v) is 9.75. The van der Waals surface area contributed by atoms with Crippen molar-refractivity contribution in [2.45, 2.75) is 25.7 Å². The number of aliphatic imine (C=N–C) groups is 1. The molecule has 1 heterocycles. The second-order valence-corrected chi connectivity index (χ2v) is 7.34. The van der Waals surface area contributed by atoms with Gasteiger partial charge in [-0.15, -0.1) is 24.0 Å². The van der Waals surface area contributed by atoms with Gasteiger partial charge in [-0.3, -0.25) is 4.79 Å². The summed E-state index contributed by atoms with van der Waals surface area (Å²) >= 11 is 0. The summed E-state index contributed by atoms with van der Waals surface area (Å²) in [6.45, 7) is 1.11. The van der Waals surface area contributed by atoms with Crippen molar-refractivity contribution < 1.29 is 27.4 Å². The van der Waals surface area contributed by atoms with Gasteiger partial charge in [0.25, 0.3) is 0 Å². The molecule has 0 bridgehead atoms. The predicted octanol–water partition coefficient (Wildman–Crippen LogP) is 2.54. The predicted molar refractivity (Wildman–Crippen MR) is 122 cm³/mol. The van der Waals surface area contributed by atoms with E-state index < -0.39 is 12.8 Å². The largest absolute Gasteiger partial charge is 0.411 e. The third-order valence-corrected chi connectivity index (χ3v) is 4.43. The molecule has 1 aromatic rings. The van der Waals surface area contributed by atoms with Gasteiger partial charge < -0.3 is 25.0 Å². The van der Waals surface area contributed by atoms with E-state index in [0.29, 0.717) is 37.1 Å². The van der Waals surface area contributed by atoms with Crippen LogP contribution in [-0.4, -0.2) is 69.9 Å². The van der Waals surface area contributed by atoms with E-state index in [1.807, 2.05) is 6.07 Å². The molecule has 1 aromatic carbocycles. The molecule has 1 aliphatic rings. The Morgan fingerprint density at radius 1 is 1.29 bits per heavy atom. The smallest absolute Gasteiger partial charge is 0.381 e. The summed E-state index contributed by atoms with van der Waals surface area (Å²) in [5.74, 6) is 0.795. The molecular weight excluding hydrogens is 528 g/mol. The Hall–Kier alpha value is -1.60. The van der Waals surface area contributed by atoms with Crippen molar-refractivity contribution in [3.63, 3.8) is 0 Å². The van der Waals surface area contributed by atoms with E-state index in [9.17, 15) is 18.0 Å². The first kappa shape index (κ1) is 27.4. The molecule has 7 nitrogen and oxygen atoms in total. The number of carbonyl (C=O) groups is 1. The topological polar surface area (TPSA) is 75.2 Å². The van der Waals surface area contributed by atoms with Crippen molar-refractivity contribution in [1.29, 1.82) is 0 Å². The molecule has 0 aromatic heterocycles. The van der Waals surface area contributed by atoms with Crippen molar-refractivity contribution in [3.8, 4) is 0 Å². The molecule has 1 unspecified atom stereocenters. The average molecular weight is 558 g/mol. The maximum Gasteiger partial charge on any atom is 0.411 e. The standard InChI is InChI=1S/C20H29F3N4O3.HI/c1-27(2)18(28)11-26-19(25-10-17-6-7-29-13-17)24-9-15-4-3-5-16(8-15)12-30-14-20(21,22)23;/h3-5,8,17H,6-7,9-14H2,1-2H3,(H2,24,25,26);1H. The fourth-order valence-electron chi connectivity index (χ4n) is 2.75. The van der Waals surface area contributed by atoms with Crippen molar-refractivity contribution in [1.82, 2.24) is 15.5 Å². The average Bonchev–Trinajstić information content (AvgIpc) is 3.20. The van der Waals surface area contributed by atoms with E-state index in [4.69, 9.17) is 9.47 Å². The second kappa shape index (κ2) is 13.7. The SMILES string of the molecule is CN(C)C(=O)CNC(=NCc1cccc(COCC(F)(F)F)c1)NCC1CCOC1.I. The van der Waals surface area contributed by atoms with Crippen LogP contribution in [0, 0.1) is 5.92 Å². The zero-order valence-electron chi connectivity index (χ0n) is 17.7. The number of benzene rings is 1. The minimum Gasteiger partial charge on any atom is -0.381 e. The van der Waals surface area contributed by atoms with Crippen LogP contribution in [-0.2, 0) is 27.4 Å². The molecule has 0 saturated carbocycles. The Kier molecular flexibility index (Phi) is 12.2. The van der Waals surface area contributed by atoms with Crippen LogP contribution in [0.25, 0.3) is 0 Å². The first-order chi connectivity index (χ1) is 14.2. The third-order valence-electron chi connectivity index (χ3n) is 4.43. The summed E-state index contributed by atoms with van der Waals surface area (Å²) in [6.07, 6.45) is -3.38. The lowest BCUT2D eigenvalue weighted by molar-refractivity contribution is -0.176. The van der Waals surface area contributed by atoms with Crippen LogP contribution < -0.4 is 10.6 Å². The molecule has 11 heteroatoms. The molecule has 1 saturated heterocycles. The number of alkyl halides is 3. The van der Waals surface area contributed by atoms with Gasteiger partial charge in [0.2, 0.25) is 5.91 Å². The van der Waals surface area contributed by atoms with E-state index >= 15 is 0 Å². The lowest BCUT2D eigenvalue weighted by Crippen LogP contribution is -2.44. The van der Waals surface area contributed by atoms with Crippen LogP contribution in [0.15, 0.2) is 29.3 Å². The molecule has 0 spiro atoms. The van der Waals surface area contributed by atoms with Crippen molar-refractivity contribution in [2.24, 2.45) is 10.9 Å². The van der Waals surface area contributed by atoms with Gasteiger partial charge in [-0.25, -0.2) is 4.99 Å². The highest BCUT2D eigenvalue weighted by Gasteiger charge is 2.27. The number of carbonyl (C=O) groups excluding carboxylic acids is 1. The quantitative estimate of drug-likeness (QED) is 0.277. The molecule has 1 fully saturated rings. The number of nitrogens with zero attached hydrogens (tertiary/aromatic N) is 2. The number of likely N-dealkylation sites (N-methyl/N-ethyl adjacent to an activating group) is 1. The summed E-state index contributed by atoms with van der Waals surface area (Å²) in [5.41, 5.74) is 1.47. The fraction of sp³-hybridized carbons (Fsp3) is 0.600. The van der Waals surface area contributed by atoms with E-state index in [2.05, 4.69) is 15.6 Å². The number of ether oxygens (including phenoxy) is 2. The first-order valence-electron chi connectivity index (χ1n) is 9.75. The Morgan fingerprint density at radius 2 is 2.03 bits per heavy atom. The van der Waals surface area contributed by atoms with Crippen molar-refractivity contribution >= 4 is 35.8 Å². The number of halogens is 4. The molecule has 0 radical (unpaired) electrons. The van der Waals surface area contributed by atoms with Gasteiger partial charge in [-0.2, -0.15) is 13.2 Å². The minimum atomic E-state index is -4.34. The van der Waals surface area contributed by atoms with Crippen molar-refractivity contribution in [3.05, 3.63) is 35.4 Å². The Labute approximate surface area is 197 Å². The van der Waals surface area contributed by atoms with Gasteiger partial charge in [0, 0.05) is 33.2 Å². The van der Waals surface area contributed by atoms with Crippen LogP contribution in [0.5, 0.6) is 0 Å². The summed E-state index contributed by atoms with van der Waals surface area (Å²) in [7, 11) is 3.35. The lowest BCUT2D eigenvalue weighted by Gasteiger charge is -2.16. The van der Waals surface area contributed by atoms with Gasteiger partial charge in [-0.1, -0.05) is 24.3 Å². The molecule has 0 aliphatic carbocycles. The number of guanidine groups is 1. The van der Waals surface area contributed by atoms with Crippen LogP contribution in [0.4, 0.5) is 13.2 Å². The van der Waals surface area contributed by atoms with Crippen LogP contribution in [0.1, 0.15) is 17.5 Å². The molecular formula is C20H30F3IN4O3. The maximum atomic E-state index is 12.2. The molecule has 1 atom stereocenters. The number of hydrogen-bond donors (Lipinski definition) is 2. The molecule has 1 amide bonds. The van der Waals surface area contributed by atoms with Gasteiger partial charge >= 0.3 is 6.18 Å². The highest BCUT2D eigenvalue weighted by molar-refractivity contribution is 14.0. The monoisotopic (exact) mass is 558 g/mol. The van der Waals surface area contributed by atoms with E-state index in [-0.39, 0.29) is 43.0 Å². The zero-order valence-corrected chi connectivity index (χ0v) is 20.0.